The maximum absolute atomic E-state index is 13.1. The van der Waals surface area contributed by atoms with Gasteiger partial charge in [0.15, 0.2) is 0 Å². The highest BCUT2D eigenvalue weighted by molar-refractivity contribution is 4.73. The lowest BCUT2D eigenvalue weighted by Crippen LogP contribution is -2.41. The molecular weight excluding hydrogens is 186 g/mol. The molecule has 0 heterocycles. The number of hydrogen-bond acceptors (Lipinski definition) is 2. The summed E-state index contributed by atoms with van der Waals surface area (Å²) in [6.45, 7) is 3.82. The van der Waals surface area contributed by atoms with Gasteiger partial charge in [0.2, 0.25) is 0 Å². The summed E-state index contributed by atoms with van der Waals surface area (Å²) in [7, 11) is 3.25. The number of unbranched alkanes of at least 4 members (excludes halogenated alkanes) is 1. The van der Waals surface area contributed by atoms with Gasteiger partial charge < -0.3 is 10.2 Å². The average molecular weight is 206 g/mol. The van der Waals surface area contributed by atoms with Crippen LogP contribution >= 0.6 is 0 Å². The van der Waals surface area contributed by atoms with Crippen molar-refractivity contribution in [3.8, 4) is 0 Å². The highest BCUT2D eigenvalue weighted by atomic mass is 19.3. The molecule has 0 aromatic heterocycles. The van der Waals surface area contributed by atoms with Crippen molar-refractivity contribution >= 4 is 0 Å². The fourth-order valence-corrected chi connectivity index (χ4v) is 1.29. The van der Waals surface area contributed by atoms with Crippen LogP contribution in [0.5, 0.6) is 0 Å². The Labute approximate surface area is 85.0 Å². The Hall–Kier alpha value is -0.480. The first kappa shape index (κ1) is 13.5. The molecule has 0 aliphatic carbocycles. The van der Waals surface area contributed by atoms with Gasteiger partial charge in [0.25, 0.3) is 5.92 Å². The van der Waals surface area contributed by atoms with E-state index < -0.39 is 5.92 Å². The Morgan fingerprint density at radius 2 is 2.14 bits per heavy atom. The average Bonchev–Trinajstić information content (AvgIpc) is 2.03. The summed E-state index contributed by atoms with van der Waals surface area (Å²) in [6, 6.07) is 0. The second kappa shape index (κ2) is 6.90. The monoisotopic (exact) mass is 206 g/mol. The molecule has 2 nitrogen and oxygen atoms in total. The molecule has 0 aliphatic heterocycles. The second-order valence-electron chi connectivity index (χ2n) is 3.55. The molecule has 0 aromatic rings. The van der Waals surface area contributed by atoms with Crippen molar-refractivity contribution in [1.82, 2.24) is 10.2 Å². The van der Waals surface area contributed by atoms with Gasteiger partial charge in [-0.2, -0.15) is 0 Å². The SMILES string of the molecule is C=CCCCN(C)CC(F)(F)CNC. The summed E-state index contributed by atoms with van der Waals surface area (Å²) >= 11 is 0. The van der Waals surface area contributed by atoms with Crippen LogP contribution in [-0.4, -0.2) is 44.6 Å². The number of nitrogens with zero attached hydrogens (tertiary/aromatic N) is 1. The summed E-state index contributed by atoms with van der Waals surface area (Å²) in [5.74, 6) is -2.64. The first-order chi connectivity index (χ1) is 6.52. The van der Waals surface area contributed by atoms with E-state index in [2.05, 4.69) is 11.9 Å². The topological polar surface area (TPSA) is 15.3 Å². The fraction of sp³-hybridized carbons (Fsp3) is 0.800. The largest absolute Gasteiger partial charge is 0.314 e. The molecule has 84 valence electrons. The molecule has 0 rings (SSSR count). The normalized spacial score (nSPS) is 12.1. The van der Waals surface area contributed by atoms with E-state index in [1.807, 2.05) is 0 Å². The standard InChI is InChI=1S/C10H20F2N2/c1-4-5-6-7-14(3)9-10(11,12)8-13-2/h4,13H,1,5-9H2,2-3H3. The van der Waals surface area contributed by atoms with Crippen molar-refractivity contribution in [2.24, 2.45) is 0 Å². The van der Waals surface area contributed by atoms with Gasteiger partial charge in [-0.15, -0.1) is 6.58 Å². The predicted molar refractivity (Wildman–Crippen MR) is 55.8 cm³/mol. The Kier molecular flexibility index (Phi) is 6.66. The van der Waals surface area contributed by atoms with Gasteiger partial charge in [0.1, 0.15) is 0 Å². The Morgan fingerprint density at radius 1 is 1.50 bits per heavy atom. The molecule has 14 heavy (non-hydrogen) atoms. The minimum Gasteiger partial charge on any atom is -0.314 e. The number of alkyl halides is 2. The summed E-state index contributed by atoms with van der Waals surface area (Å²) in [4.78, 5) is 1.65. The van der Waals surface area contributed by atoms with E-state index in [4.69, 9.17) is 0 Å². The molecule has 0 radical (unpaired) electrons. The first-order valence-electron chi connectivity index (χ1n) is 4.83. The molecule has 0 aliphatic rings. The van der Waals surface area contributed by atoms with E-state index in [1.54, 1.807) is 18.0 Å². The quantitative estimate of drug-likeness (QED) is 0.480. The highest BCUT2D eigenvalue weighted by Crippen LogP contribution is 2.13. The zero-order chi connectivity index (χ0) is 11.0. The van der Waals surface area contributed by atoms with Crippen LogP contribution in [0, 0.1) is 0 Å². The van der Waals surface area contributed by atoms with Crippen molar-refractivity contribution in [1.29, 1.82) is 0 Å². The zero-order valence-corrected chi connectivity index (χ0v) is 9.02. The molecule has 0 unspecified atom stereocenters. The lowest BCUT2D eigenvalue weighted by molar-refractivity contribution is -0.0234. The van der Waals surface area contributed by atoms with Gasteiger partial charge in [0, 0.05) is 0 Å². The molecule has 0 aromatic carbocycles. The van der Waals surface area contributed by atoms with Gasteiger partial charge in [-0.05, 0) is 33.5 Å². The third kappa shape index (κ3) is 6.97. The Bertz CT molecular complexity index is 160. The molecule has 0 atom stereocenters. The maximum atomic E-state index is 13.1. The highest BCUT2D eigenvalue weighted by Gasteiger charge is 2.29. The fourth-order valence-electron chi connectivity index (χ4n) is 1.29. The van der Waals surface area contributed by atoms with Crippen molar-refractivity contribution in [2.45, 2.75) is 18.8 Å². The molecule has 0 saturated carbocycles. The summed E-state index contributed by atoms with van der Waals surface area (Å²) < 4.78 is 26.1. The maximum Gasteiger partial charge on any atom is 0.272 e. The molecule has 1 N–H and O–H groups in total. The number of hydrogen-bond donors (Lipinski definition) is 1. The van der Waals surface area contributed by atoms with Crippen LogP contribution < -0.4 is 5.32 Å². The van der Waals surface area contributed by atoms with Crippen LogP contribution in [0.1, 0.15) is 12.8 Å². The van der Waals surface area contributed by atoms with Gasteiger partial charge in [-0.3, -0.25) is 0 Å². The summed E-state index contributed by atoms with van der Waals surface area (Å²) in [6.07, 6.45) is 3.57. The van der Waals surface area contributed by atoms with Crippen molar-refractivity contribution in [3.63, 3.8) is 0 Å². The molecule has 0 bridgehead atoms. The van der Waals surface area contributed by atoms with Crippen molar-refractivity contribution in [2.75, 3.05) is 33.7 Å². The van der Waals surface area contributed by atoms with E-state index in [0.717, 1.165) is 12.8 Å². The first-order valence-corrected chi connectivity index (χ1v) is 4.83. The van der Waals surface area contributed by atoms with Crippen LogP contribution in [0.25, 0.3) is 0 Å². The third-order valence-electron chi connectivity index (χ3n) is 1.88. The van der Waals surface area contributed by atoms with Crippen LogP contribution in [0.15, 0.2) is 12.7 Å². The van der Waals surface area contributed by atoms with Gasteiger partial charge in [0.05, 0.1) is 13.1 Å². The van der Waals surface area contributed by atoms with Gasteiger partial charge in [-0.25, -0.2) is 8.78 Å². The number of halogens is 2. The van der Waals surface area contributed by atoms with Crippen LogP contribution in [-0.2, 0) is 0 Å². The van der Waals surface area contributed by atoms with Gasteiger partial charge in [-0.1, -0.05) is 6.08 Å². The second-order valence-corrected chi connectivity index (χ2v) is 3.55. The summed E-state index contributed by atoms with van der Waals surface area (Å²) in [5.41, 5.74) is 0. The summed E-state index contributed by atoms with van der Waals surface area (Å²) in [5, 5.41) is 2.49. The number of allylic oxidation sites excluding steroid dienone is 1. The molecule has 0 saturated heterocycles. The lowest BCUT2D eigenvalue weighted by Gasteiger charge is -2.23. The Balaban J connectivity index is 3.68. The number of nitrogens with one attached hydrogen (secondary N) is 1. The minimum absolute atomic E-state index is 0.190. The molecular formula is C10H20F2N2. The molecule has 4 heteroatoms. The zero-order valence-electron chi connectivity index (χ0n) is 9.02. The van der Waals surface area contributed by atoms with E-state index in [-0.39, 0.29) is 13.1 Å². The van der Waals surface area contributed by atoms with E-state index >= 15 is 0 Å². The van der Waals surface area contributed by atoms with E-state index in [0.29, 0.717) is 6.54 Å². The van der Waals surface area contributed by atoms with E-state index in [1.165, 1.54) is 7.05 Å². The van der Waals surface area contributed by atoms with Crippen molar-refractivity contribution < 1.29 is 8.78 Å². The molecule has 0 fully saturated rings. The lowest BCUT2D eigenvalue weighted by atomic mass is 10.2. The van der Waals surface area contributed by atoms with Crippen LogP contribution in [0.4, 0.5) is 8.78 Å². The van der Waals surface area contributed by atoms with Crippen LogP contribution in [0.3, 0.4) is 0 Å². The smallest absolute Gasteiger partial charge is 0.272 e. The molecule has 0 amide bonds. The minimum atomic E-state index is -2.64. The van der Waals surface area contributed by atoms with E-state index in [9.17, 15) is 8.78 Å². The van der Waals surface area contributed by atoms with Crippen molar-refractivity contribution in [3.05, 3.63) is 12.7 Å². The third-order valence-corrected chi connectivity index (χ3v) is 1.88. The number of rotatable bonds is 8. The molecule has 0 spiro atoms. The Morgan fingerprint density at radius 3 is 2.64 bits per heavy atom. The predicted octanol–water partition coefficient (Wildman–Crippen LogP) is 1.74. The van der Waals surface area contributed by atoms with Gasteiger partial charge >= 0.3 is 0 Å². The van der Waals surface area contributed by atoms with Crippen LogP contribution in [0.2, 0.25) is 0 Å².